The molecule has 0 saturated heterocycles. The van der Waals surface area contributed by atoms with Crippen LogP contribution in [-0.4, -0.2) is 12.6 Å². The zero-order valence-electron chi connectivity index (χ0n) is 10.4. The SMILES string of the molecule is CCNC(C)C1(c2cccc(Cl)c2Cl)CCC1. The van der Waals surface area contributed by atoms with Crippen molar-refractivity contribution in [2.75, 3.05) is 6.54 Å². The highest BCUT2D eigenvalue weighted by Gasteiger charge is 2.44. The van der Waals surface area contributed by atoms with E-state index >= 15 is 0 Å². The molecule has 0 bridgehead atoms. The van der Waals surface area contributed by atoms with E-state index in [1.807, 2.05) is 12.1 Å². The third-order valence-corrected chi connectivity index (χ3v) is 4.89. The quantitative estimate of drug-likeness (QED) is 0.855. The molecule has 0 amide bonds. The van der Waals surface area contributed by atoms with Gasteiger partial charge in [0.1, 0.15) is 0 Å². The van der Waals surface area contributed by atoms with Crippen LogP contribution in [0.2, 0.25) is 10.0 Å². The molecule has 3 heteroatoms. The predicted molar refractivity (Wildman–Crippen MR) is 75.1 cm³/mol. The molecule has 0 aromatic heterocycles. The molecule has 1 atom stereocenters. The van der Waals surface area contributed by atoms with Crippen LogP contribution in [0.1, 0.15) is 38.7 Å². The van der Waals surface area contributed by atoms with Gasteiger partial charge in [-0.15, -0.1) is 0 Å². The first-order valence-corrected chi connectivity index (χ1v) is 7.05. The second kappa shape index (κ2) is 5.17. The molecule has 1 fully saturated rings. The van der Waals surface area contributed by atoms with Crippen molar-refractivity contribution in [1.29, 1.82) is 0 Å². The van der Waals surface area contributed by atoms with Crippen LogP contribution in [-0.2, 0) is 5.41 Å². The lowest BCUT2D eigenvalue weighted by Crippen LogP contribution is -2.51. The van der Waals surface area contributed by atoms with Crippen molar-refractivity contribution in [3.8, 4) is 0 Å². The Morgan fingerprint density at radius 1 is 1.35 bits per heavy atom. The van der Waals surface area contributed by atoms with Gasteiger partial charge in [0.05, 0.1) is 10.0 Å². The molecule has 0 radical (unpaired) electrons. The van der Waals surface area contributed by atoms with E-state index in [2.05, 4.69) is 25.2 Å². The van der Waals surface area contributed by atoms with Gasteiger partial charge in [-0.1, -0.05) is 48.7 Å². The zero-order valence-corrected chi connectivity index (χ0v) is 11.9. The van der Waals surface area contributed by atoms with Gasteiger partial charge < -0.3 is 5.32 Å². The molecule has 0 heterocycles. The van der Waals surface area contributed by atoms with Gasteiger partial charge >= 0.3 is 0 Å². The lowest BCUT2D eigenvalue weighted by molar-refractivity contribution is 0.181. The second-order valence-corrected chi connectivity index (χ2v) is 5.68. The van der Waals surface area contributed by atoms with Gasteiger partial charge in [0.25, 0.3) is 0 Å². The first-order valence-electron chi connectivity index (χ1n) is 6.29. The van der Waals surface area contributed by atoms with E-state index in [-0.39, 0.29) is 5.41 Å². The Morgan fingerprint density at radius 2 is 2.06 bits per heavy atom. The summed E-state index contributed by atoms with van der Waals surface area (Å²) in [5.41, 5.74) is 1.39. The topological polar surface area (TPSA) is 12.0 Å². The number of rotatable bonds is 4. The summed E-state index contributed by atoms with van der Waals surface area (Å²) in [5.74, 6) is 0. The molecule has 1 saturated carbocycles. The largest absolute Gasteiger partial charge is 0.314 e. The van der Waals surface area contributed by atoms with Crippen molar-refractivity contribution in [1.82, 2.24) is 5.32 Å². The Bertz CT molecular complexity index is 399. The van der Waals surface area contributed by atoms with Crippen molar-refractivity contribution < 1.29 is 0 Å². The fourth-order valence-corrected chi connectivity index (χ4v) is 3.37. The van der Waals surface area contributed by atoms with Crippen molar-refractivity contribution in [2.45, 2.75) is 44.6 Å². The Balaban J connectivity index is 2.38. The molecule has 1 aromatic carbocycles. The summed E-state index contributed by atoms with van der Waals surface area (Å²) in [7, 11) is 0. The van der Waals surface area contributed by atoms with Gasteiger partial charge in [0.2, 0.25) is 0 Å². The van der Waals surface area contributed by atoms with Gasteiger partial charge in [0.15, 0.2) is 0 Å². The summed E-state index contributed by atoms with van der Waals surface area (Å²) < 4.78 is 0. The molecule has 94 valence electrons. The minimum atomic E-state index is 0.179. The first kappa shape index (κ1) is 13.2. The molecular weight excluding hydrogens is 253 g/mol. The number of hydrogen-bond donors (Lipinski definition) is 1. The Morgan fingerprint density at radius 3 is 2.59 bits per heavy atom. The maximum absolute atomic E-state index is 6.37. The normalized spacial score (nSPS) is 19.8. The van der Waals surface area contributed by atoms with E-state index in [4.69, 9.17) is 23.2 Å². The molecule has 1 N–H and O–H groups in total. The first-order chi connectivity index (χ1) is 8.12. The highest BCUT2D eigenvalue weighted by Crippen LogP contribution is 2.49. The number of halogens is 2. The van der Waals surface area contributed by atoms with E-state index < -0.39 is 0 Å². The van der Waals surface area contributed by atoms with Crippen molar-refractivity contribution in [3.05, 3.63) is 33.8 Å². The van der Waals surface area contributed by atoms with Crippen LogP contribution in [0.3, 0.4) is 0 Å². The van der Waals surface area contributed by atoms with Crippen LogP contribution in [0.4, 0.5) is 0 Å². The van der Waals surface area contributed by atoms with Crippen molar-refractivity contribution in [2.24, 2.45) is 0 Å². The average molecular weight is 272 g/mol. The summed E-state index contributed by atoms with van der Waals surface area (Å²) in [6.07, 6.45) is 3.67. The van der Waals surface area contributed by atoms with E-state index in [1.54, 1.807) is 0 Å². The number of hydrogen-bond acceptors (Lipinski definition) is 1. The number of likely N-dealkylation sites (N-methyl/N-ethyl adjacent to an activating group) is 1. The van der Waals surface area contributed by atoms with Crippen LogP contribution in [0.15, 0.2) is 18.2 Å². The molecular formula is C14H19Cl2N. The molecule has 17 heavy (non-hydrogen) atoms. The van der Waals surface area contributed by atoms with Crippen LogP contribution in [0.5, 0.6) is 0 Å². The predicted octanol–water partition coefficient (Wildman–Crippen LogP) is 4.41. The fourth-order valence-electron chi connectivity index (χ4n) is 2.88. The summed E-state index contributed by atoms with van der Waals surface area (Å²) in [4.78, 5) is 0. The number of benzene rings is 1. The molecule has 1 aliphatic rings. The number of nitrogens with one attached hydrogen (secondary N) is 1. The Kier molecular flexibility index (Phi) is 4.02. The van der Waals surface area contributed by atoms with Gasteiger partial charge in [-0.05, 0) is 37.9 Å². The Labute approximate surface area is 114 Å². The van der Waals surface area contributed by atoms with Gasteiger partial charge in [0, 0.05) is 11.5 Å². The van der Waals surface area contributed by atoms with E-state index in [0.29, 0.717) is 11.1 Å². The van der Waals surface area contributed by atoms with Crippen molar-refractivity contribution in [3.63, 3.8) is 0 Å². The Hall–Kier alpha value is -0.240. The van der Waals surface area contributed by atoms with Crippen LogP contribution in [0.25, 0.3) is 0 Å². The molecule has 0 aliphatic heterocycles. The minimum absolute atomic E-state index is 0.179. The summed E-state index contributed by atoms with van der Waals surface area (Å²) in [6, 6.07) is 6.43. The third kappa shape index (κ3) is 2.21. The molecule has 1 nitrogen and oxygen atoms in total. The monoisotopic (exact) mass is 271 g/mol. The lowest BCUT2D eigenvalue weighted by Gasteiger charge is -2.48. The standard InChI is InChI=1S/C14H19Cl2N/c1-3-17-10(2)14(8-5-9-14)11-6-4-7-12(15)13(11)16/h4,6-7,10,17H,3,5,8-9H2,1-2H3. The molecule has 1 aromatic rings. The van der Waals surface area contributed by atoms with Gasteiger partial charge in [-0.3, -0.25) is 0 Å². The van der Waals surface area contributed by atoms with Crippen LogP contribution >= 0.6 is 23.2 Å². The van der Waals surface area contributed by atoms with E-state index in [0.717, 1.165) is 11.6 Å². The minimum Gasteiger partial charge on any atom is -0.314 e. The van der Waals surface area contributed by atoms with Crippen LogP contribution in [0, 0.1) is 0 Å². The maximum atomic E-state index is 6.37. The van der Waals surface area contributed by atoms with Crippen LogP contribution < -0.4 is 5.32 Å². The highest BCUT2D eigenvalue weighted by atomic mass is 35.5. The van der Waals surface area contributed by atoms with Crippen molar-refractivity contribution >= 4 is 23.2 Å². The third-order valence-electron chi connectivity index (χ3n) is 4.07. The summed E-state index contributed by atoms with van der Waals surface area (Å²) >= 11 is 12.5. The average Bonchev–Trinajstić information content (AvgIpc) is 2.23. The second-order valence-electron chi connectivity index (χ2n) is 4.89. The fraction of sp³-hybridized carbons (Fsp3) is 0.571. The highest BCUT2D eigenvalue weighted by molar-refractivity contribution is 6.42. The maximum Gasteiger partial charge on any atom is 0.0630 e. The summed E-state index contributed by atoms with van der Waals surface area (Å²) in [6.45, 7) is 5.38. The van der Waals surface area contributed by atoms with E-state index in [1.165, 1.54) is 24.8 Å². The summed E-state index contributed by atoms with van der Waals surface area (Å²) in [5, 5.41) is 4.93. The van der Waals surface area contributed by atoms with E-state index in [9.17, 15) is 0 Å². The smallest absolute Gasteiger partial charge is 0.0630 e. The zero-order chi connectivity index (χ0) is 12.5. The van der Waals surface area contributed by atoms with Gasteiger partial charge in [-0.2, -0.15) is 0 Å². The lowest BCUT2D eigenvalue weighted by atomic mass is 9.60. The molecule has 2 rings (SSSR count). The molecule has 1 unspecified atom stereocenters. The molecule has 1 aliphatic carbocycles. The van der Waals surface area contributed by atoms with Gasteiger partial charge in [-0.25, -0.2) is 0 Å². The molecule has 0 spiro atoms.